The predicted octanol–water partition coefficient (Wildman–Crippen LogP) is -6.57. The third kappa shape index (κ3) is 29.4. The van der Waals surface area contributed by atoms with Crippen LogP contribution < -0.4 is 67.5 Å². The Morgan fingerprint density at radius 3 is 1.23 bits per heavy atom. The molecule has 0 amide bonds. The van der Waals surface area contributed by atoms with Crippen LogP contribution in [0.2, 0.25) is 31.9 Å². The van der Waals surface area contributed by atoms with Crippen molar-refractivity contribution in [1.29, 1.82) is 0 Å². The van der Waals surface area contributed by atoms with Gasteiger partial charge in [-0.15, -0.1) is 0 Å². The Bertz CT molecular complexity index is 250. The Hall–Kier alpha value is 4.64. The molecule has 4 nitrogen and oxygen atoms in total. The van der Waals surface area contributed by atoms with E-state index in [2.05, 4.69) is 0 Å². The molecular formula is C10H20Na2O4Se6. The van der Waals surface area contributed by atoms with Crippen molar-refractivity contribution in [2.75, 3.05) is 0 Å². The molecule has 0 aromatic heterocycles. The molecule has 122 valence electrons. The molecule has 0 fully saturated rings. The number of unbranched alkanes of at least 4 members (excludes halogenated alkanes) is 2. The van der Waals surface area contributed by atoms with E-state index in [0.717, 1.165) is 78.2 Å². The average Bonchev–Trinajstić information content (AvgIpc) is 2.38. The van der Waals surface area contributed by atoms with Gasteiger partial charge in [0.1, 0.15) is 0 Å². The van der Waals surface area contributed by atoms with Gasteiger partial charge in [-0.3, -0.25) is 0 Å². The summed E-state index contributed by atoms with van der Waals surface area (Å²) in [5, 5.41) is 6.19. The van der Waals surface area contributed by atoms with Crippen molar-refractivity contribution in [2.45, 2.75) is 57.6 Å². The molecule has 0 aromatic rings. The van der Waals surface area contributed by atoms with Gasteiger partial charge >= 0.3 is 214 Å². The van der Waals surface area contributed by atoms with Crippen molar-refractivity contribution in [3.63, 3.8) is 0 Å². The maximum atomic E-state index is 10.4. The maximum absolute atomic E-state index is 10.4. The van der Waals surface area contributed by atoms with Gasteiger partial charge in [0.15, 0.2) is 0 Å². The van der Waals surface area contributed by atoms with Gasteiger partial charge in [0, 0.05) is 0 Å². The third-order valence-corrected chi connectivity index (χ3v) is 21.0. The SMILES string of the molecule is O=[Se]([O-])CCCC[Se][Se]CC[Se][Se]CCCC[Se](=O)[O-].[Na+].[Na+]. The van der Waals surface area contributed by atoms with E-state index in [-0.39, 0.29) is 59.1 Å². The molecular weight excluding hydrogens is 704 g/mol. The van der Waals surface area contributed by atoms with E-state index in [1.165, 1.54) is 21.3 Å². The van der Waals surface area contributed by atoms with Crippen LogP contribution in [0.4, 0.5) is 0 Å². The standard InChI is InChI=1S/C10H22O4Se6.2Na/c11-19(12)9-3-1-5-15-17-7-8-18-16-6-2-4-10-20(13)14;;/h1-10H2,(H,11,12)(H,13,14);;/q;2*+1/p-2. The fraction of sp³-hybridized carbons (Fsp3) is 1.00. The Labute approximate surface area is 209 Å². The molecule has 0 rings (SSSR count). The summed E-state index contributed by atoms with van der Waals surface area (Å²) in [6, 6.07) is 0. The number of rotatable bonds is 15. The first-order valence-electron chi connectivity index (χ1n) is 6.23. The second-order valence-corrected chi connectivity index (χ2v) is 23.7. The maximum Gasteiger partial charge on any atom is 1.00 e. The Morgan fingerprint density at radius 1 is 0.591 bits per heavy atom. The predicted molar refractivity (Wildman–Crippen MR) is 83.2 cm³/mol. The van der Waals surface area contributed by atoms with Gasteiger partial charge in [0.2, 0.25) is 0 Å². The first-order valence-corrected chi connectivity index (χ1v) is 25.0. The first-order chi connectivity index (χ1) is 9.63. The van der Waals surface area contributed by atoms with E-state index < -0.39 is 28.3 Å². The fourth-order valence-electron chi connectivity index (χ4n) is 1.07. The molecule has 0 saturated carbocycles. The normalized spacial score (nSPS) is 13.0. The minimum Gasteiger partial charge on any atom is 1.00 e. The third-order valence-electron chi connectivity index (χ3n) is 1.99. The summed E-state index contributed by atoms with van der Waals surface area (Å²) in [5.74, 6) is 0. The van der Waals surface area contributed by atoms with Crippen LogP contribution in [0.15, 0.2) is 0 Å². The zero-order chi connectivity index (χ0) is 15.1. The molecule has 0 aliphatic rings. The van der Waals surface area contributed by atoms with Crippen LogP contribution >= 0.6 is 0 Å². The van der Waals surface area contributed by atoms with E-state index in [0.29, 0.717) is 10.6 Å². The fourth-order valence-corrected chi connectivity index (χ4v) is 22.4. The van der Waals surface area contributed by atoms with Crippen molar-refractivity contribution in [3.05, 3.63) is 0 Å². The monoisotopic (exact) mass is 730 g/mol. The van der Waals surface area contributed by atoms with Crippen molar-refractivity contribution >= 4 is 80.9 Å². The summed E-state index contributed by atoms with van der Waals surface area (Å²) >= 11 is -2.14. The smallest absolute Gasteiger partial charge is 1.00 e. The minimum absolute atomic E-state index is 0. The van der Waals surface area contributed by atoms with Crippen molar-refractivity contribution in [2.24, 2.45) is 0 Å². The molecule has 0 N–H and O–H groups in total. The van der Waals surface area contributed by atoms with Crippen LogP contribution in [0.3, 0.4) is 0 Å². The molecule has 0 saturated heterocycles. The summed E-state index contributed by atoms with van der Waals surface area (Å²) in [5.41, 5.74) is 0. The zero-order valence-electron chi connectivity index (χ0n) is 13.2. The van der Waals surface area contributed by atoms with Crippen molar-refractivity contribution in [1.82, 2.24) is 0 Å². The van der Waals surface area contributed by atoms with Gasteiger partial charge in [0.25, 0.3) is 0 Å². The number of hydrogen-bond donors (Lipinski definition) is 0. The average molecular weight is 724 g/mol. The van der Waals surface area contributed by atoms with Crippen LogP contribution in [0.25, 0.3) is 0 Å². The van der Waals surface area contributed by atoms with Crippen LogP contribution in [0, 0.1) is 0 Å². The minimum atomic E-state index is -2.66. The topological polar surface area (TPSA) is 80.3 Å². The van der Waals surface area contributed by atoms with Gasteiger partial charge in [-0.05, 0) is 0 Å². The summed E-state index contributed by atoms with van der Waals surface area (Å²) in [4.78, 5) is 0. The molecule has 0 aliphatic heterocycles. The summed E-state index contributed by atoms with van der Waals surface area (Å²) in [7, 11) is 0. The van der Waals surface area contributed by atoms with Gasteiger partial charge in [-0.1, -0.05) is 0 Å². The Morgan fingerprint density at radius 2 is 0.909 bits per heavy atom. The Kier molecular flexibility index (Phi) is 36.5. The van der Waals surface area contributed by atoms with Crippen molar-refractivity contribution in [3.8, 4) is 0 Å². The Balaban J connectivity index is -0.00000180. The summed E-state index contributed by atoms with van der Waals surface area (Å²) in [6.07, 6.45) is 3.95. The van der Waals surface area contributed by atoms with E-state index >= 15 is 0 Å². The summed E-state index contributed by atoms with van der Waals surface area (Å²) in [6.45, 7) is 0. The molecule has 0 radical (unpaired) electrons. The van der Waals surface area contributed by atoms with Gasteiger partial charge in [-0.2, -0.15) is 0 Å². The van der Waals surface area contributed by atoms with E-state index in [9.17, 15) is 16.0 Å². The molecule has 0 aromatic carbocycles. The van der Waals surface area contributed by atoms with Gasteiger partial charge in [0.05, 0.1) is 0 Å². The second-order valence-electron chi connectivity index (χ2n) is 3.72. The molecule has 0 aliphatic carbocycles. The van der Waals surface area contributed by atoms with E-state index in [4.69, 9.17) is 0 Å². The molecule has 2 unspecified atom stereocenters. The van der Waals surface area contributed by atoms with Crippen LogP contribution in [-0.2, 0) is 7.67 Å². The van der Waals surface area contributed by atoms with Crippen molar-refractivity contribution < 1.29 is 75.2 Å². The molecule has 2 atom stereocenters. The van der Waals surface area contributed by atoms with Crippen LogP contribution in [0.1, 0.15) is 25.7 Å². The van der Waals surface area contributed by atoms with Crippen LogP contribution in [0.5, 0.6) is 0 Å². The molecule has 22 heavy (non-hydrogen) atoms. The molecule has 0 heterocycles. The second kappa shape index (κ2) is 25.6. The quantitative estimate of drug-likeness (QED) is 0.125. The van der Waals surface area contributed by atoms with Gasteiger partial charge in [-0.25, -0.2) is 0 Å². The summed E-state index contributed by atoms with van der Waals surface area (Å²) < 4.78 is 41.7. The molecule has 0 bridgehead atoms. The number of hydrogen-bond acceptors (Lipinski definition) is 4. The van der Waals surface area contributed by atoms with Gasteiger partial charge < -0.3 is 0 Å². The largest absolute Gasteiger partial charge is 1.00 e. The van der Waals surface area contributed by atoms with Crippen LogP contribution in [-0.4, -0.2) is 80.9 Å². The van der Waals surface area contributed by atoms with E-state index in [1.54, 1.807) is 0 Å². The first kappa shape index (κ1) is 31.3. The van der Waals surface area contributed by atoms with E-state index in [1.807, 2.05) is 0 Å². The molecule has 0 spiro atoms. The zero-order valence-corrected chi connectivity index (χ0v) is 27.4. The molecule has 12 heteroatoms.